The van der Waals surface area contributed by atoms with Gasteiger partial charge in [0.25, 0.3) is 5.56 Å². The quantitative estimate of drug-likeness (QED) is 0.505. The molecule has 5 nitrogen and oxygen atoms in total. The van der Waals surface area contributed by atoms with E-state index < -0.39 is 0 Å². The molecule has 0 spiro atoms. The molecule has 1 amide bonds. The standard InChI is InChI=1S/C21H24BrN3O2S/c1-4-10-24(11-5-2)17(26)12-25-13-23-20-19(21(25)27)18(14(3)28-20)15-6-8-16(22)9-7-15/h6-9,13H,4-5,10-12H2,1-3H3. The van der Waals surface area contributed by atoms with Crippen molar-refractivity contribution in [3.63, 3.8) is 0 Å². The minimum Gasteiger partial charge on any atom is -0.341 e. The minimum atomic E-state index is -0.159. The molecule has 0 saturated heterocycles. The average Bonchev–Trinajstić information content (AvgIpc) is 3.01. The Bertz CT molecular complexity index is 1030. The number of halogens is 1. The zero-order chi connectivity index (χ0) is 20.3. The lowest BCUT2D eigenvalue weighted by atomic mass is 10.0. The molecule has 0 radical (unpaired) electrons. The summed E-state index contributed by atoms with van der Waals surface area (Å²) >= 11 is 4.96. The van der Waals surface area contributed by atoms with Gasteiger partial charge in [0, 0.05) is 28.0 Å². The third kappa shape index (κ3) is 4.20. The van der Waals surface area contributed by atoms with Gasteiger partial charge in [-0.2, -0.15) is 0 Å². The SMILES string of the molecule is CCCN(CCC)C(=O)Cn1cnc2sc(C)c(-c3ccc(Br)cc3)c2c1=O. The summed E-state index contributed by atoms with van der Waals surface area (Å²) in [4.78, 5) is 34.0. The van der Waals surface area contributed by atoms with Crippen LogP contribution >= 0.6 is 27.3 Å². The Kier molecular flexibility index (Phi) is 6.67. The van der Waals surface area contributed by atoms with Crippen LogP contribution in [0.5, 0.6) is 0 Å². The molecule has 148 valence electrons. The number of nitrogens with zero attached hydrogens (tertiary/aromatic N) is 3. The summed E-state index contributed by atoms with van der Waals surface area (Å²) < 4.78 is 2.43. The first-order valence-corrected chi connectivity index (χ1v) is 11.1. The van der Waals surface area contributed by atoms with E-state index in [0.717, 1.165) is 33.3 Å². The fourth-order valence-electron chi connectivity index (χ4n) is 3.36. The number of thiophene rings is 1. The monoisotopic (exact) mass is 461 g/mol. The van der Waals surface area contributed by atoms with Crippen molar-refractivity contribution in [2.75, 3.05) is 13.1 Å². The van der Waals surface area contributed by atoms with E-state index in [4.69, 9.17) is 0 Å². The number of fused-ring (bicyclic) bond motifs is 1. The minimum absolute atomic E-state index is 0.0243. The van der Waals surface area contributed by atoms with Gasteiger partial charge >= 0.3 is 0 Å². The Hall–Kier alpha value is -1.99. The van der Waals surface area contributed by atoms with Crippen LogP contribution in [-0.4, -0.2) is 33.4 Å². The molecule has 0 bridgehead atoms. The molecule has 3 rings (SSSR count). The molecular formula is C21H24BrN3O2S. The van der Waals surface area contributed by atoms with E-state index in [1.54, 1.807) is 0 Å². The molecule has 0 aliphatic rings. The Balaban J connectivity index is 2.03. The summed E-state index contributed by atoms with van der Waals surface area (Å²) in [6, 6.07) is 7.91. The Morgan fingerprint density at radius 3 is 2.43 bits per heavy atom. The summed E-state index contributed by atoms with van der Waals surface area (Å²) in [5, 5.41) is 0.595. The molecule has 0 aliphatic carbocycles. The van der Waals surface area contributed by atoms with E-state index >= 15 is 0 Å². The Morgan fingerprint density at radius 1 is 1.18 bits per heavy atom. The fourth-order valence-corrected chi connectivity index (χ4v) is 4.63. The van der Waals surface area contributed by atoms with Crippen LogP contribution in [0.2, 0.25) is 0 Å². The van der Waals surface area contributed by atoms with E-state index in [2.05, 4.69) is 20.9 Å². The second-order valence-corrected chi connectivity index (χ2v) is 8.90. The molecule has 0 fully saturated rings. The van der Waals surface area contributed by atoms with E-state index in [1.165, 1.54) is 22.2 Å². The van der Waals surface area contributed by atoms with Gasteiger partial charge < -0.3 is 4.90 Å². The number of amides is 1. The van der Waals surface area contributed by atoms with Crippen LogP contribution in [0.15, 0.2) is 39.9 Å². The van der Waals surface area contributed by atoms with Crippen LogP contribution in [0.1, 0.15) is 31.6 Å². The number of aryl methyl sites for hydroxylation is 1. The van der Waals surface area contributed by atoms with Gasteiger partial charge in [0.1, 0.15) is 11.4 Å². The molecule has 3 aromatic rings. The average molecular weight is 462 g/mol. The van der Waals surface area contributed by atoms with Crippen LogP contribution in [0.4, 0.5) is 0 Å². The van der Waals surface area contributed by atoms with Crippen molar-refractivity contribution in [2.45, 2.75) is 40.2 Å². The number of rotatable bonds is 7. The molecule has 0 atom stereocenters. The highest BCUT2D eigenvalue weighted by Gasteiger charge is 2.19. The van der Waals surface area contributed by atoms with Crippen molar-refractivity contribution in [3.8, 4) is 11.1 Å². The largest absolute Gasteiger partial charge is 0.341 e. The normalized spacial score (nSPS) is 11.1. The van der Waals surface area contributed by atoms with Crippen LogP contribution in [0.3, 0.4) is 0 Å². The zero-order valence-electron chi connectivity index (χ0n) is 16.4. The van der Waals surface area contributed by atoms with Gasteiger partial charge in [-0.05, 0) is 37.5 Å². The highest BCUT2D eigenvalue weighted by Crippen LogP contribution is 2.35. The molecule has 0 N–H and O–H groups in total. The fraction of sp³-hybridized carbons (Fsp3) is 0.381. The predicted molar refractivity (Wildman–Crippen MR) is 119 cm³/mol. The highest BCUT2D eigenvalue weighted by molar-refractivity contribution is 9.10. The maximum absolute atomic E-state index is 13.2. The summed E-state index contributed by atoms with van der Waals surface area (Å²) in [6.07, 6.45) is 3.30. The molecular weight excluding hydrogens is 438 g/mol. The first kappa shape index (κ1) is 20.7. The molecule has 1 aromatic carbocycles. The van der Waals surface area contributed by atoms with Crippen molar-refractivity contribution in [1.82, 2.24) is 14.5 Å². The number of carbonyl (C=O) groups is 1. The number of carbonyl (C=O) groups excluding carboxylic acids is 1. The summed E-state index contributed by atoms with van der Waals surface area (Å²) in [6.45, 7) is 7.54. The van der Waals surface area contributed by atoms with Gasteiger partial charge in [-0.25, -0.2) is 4.98 Å². The molecule has 28 heavy (non-hydrogen) atoms. The predicted octanol–water partition coefficient (Wildman–Crippen LogP) is 4.84. The molecule has 0 aliphatic heterocycles. The van der Waals surface area contributed by atoms with Crippen molar-refractivity contribution in [3.05, 3.63) is 50.3 Å². The van der Waals surface area contributed by atoms with Crippen molar-refractivity contribution in [2.24, 2.45) is 0 Å². The maximum atomic E-state index is 13.2. The zero-order valence-corrected chi connectivity index (χ0v) is 18.8. The molecule has 2 heterocycles. The lowest BCUT2D eigenvalue weighted by Crippen LogP contribution is -2.37. The number of aromatic nitrogens is 2. The van der Waals surface area contributed by atoms with E-state index in [1.807, 2.05) is 49.9 Å². The molecule has 0 saturated carbocycles. The summed E-state index contributed by atoms with van der Waals surface area (Å²) in [5.74, 6) is -0.0379. The van der Waals surface area contributed by atoms with E-state index in [0.29, 0.717) is 23.3 Å². The lowest BCUT2D eigenvalue weighted by molar-refractivity contribution is -0.132. The van der Waals surface area contributed by atoms with Crippen molar-refractivity contribution < 1.29 is 4.79 Å². The van der Waals surface area contributed by atoms with Gasteiger partial charge in [-0.1, -0.05) is 41.9 Å². The second kappa shape index (κ2) is 9.01. The smallest absolute Gasteiger partial charge is 0.263 e. The van der Waals surface area contributed by atoms with Gasteiger partial charge in [-0.3, -0.25) is 14.2 Å². The summed E-state index contributed by atoms with van der Waals surface area (Å²) in [7, 11) is 0. The van der Waals surface area contributed by atoms with Crippen molar-refractivity contribution in [1.29, 1.82) is 0 Å². The summed E-state index contributed by atoms with van der Waals surface area (Å²) in [5.41, 5.74) is 1.73. The topological polar surface area (TPSA) is 55.2 Å². The van der Waals surface area contributed by atoms with Crippen molar-refractivity contribution >= 4 is 43.4 Å². The third-order valence-corrected chi connectivity index (χ3v) is 6.17. The van der Waals surface area contributed by atoms with Gasteiger partial charge in [-0.15, -0.1) is 11.3 Å². The third-order valence-electron chi connectivity index (χ3n) is 4.63. The number of hydrogen-bond donors (Lipinski definition) is 0. The van der Waals surface area contributed by atoms with Crippen LogP contribution in [0.25, 0.3) is 21.3 Å². The number of hydrogen-bond acceptors (Lipinski definition) is 4. The first-order chi connectivity index (χ1) is 13.5. The van der Waals surface area contributed by atoms with Crippen LogP contribution in [0, 0.1) is 6.92 Å². The van der Waals surface area contributed by atoms with E-state index in [-0.39, 0.29) is 18.0 Å². The second-order valence-electron chi connectivity index (χ2n) is 6.78. The molecule has 0 unspecified atom stereocenters. The van der Waals surface area contributed by atoms with E-state index in [9.17, 15) is 9.59 Å². The number of benzene rings is 1. The van der Waals surface area contributed by atoms with Crippen LogP contribution in [-0.2, 0) is 11.3 Å². The van der Waals surface area contributed by atoms with Gasteiger partial charge in [0.05, 0.1) is 11.7 Å². The molecule has 2 aromatic heterocycles. The Labute approximate surface area is 177 Å². The lowest BCUT2D eigenvalue weighted by Gasteiger charge is -2.21. The highest BCUT2D eigenvalue weighted by atomic mass is 79.9. The Morgan fingerprint density at radius 2 is 1.82 bits per heavy atom. The molecule has 7 heteroatoms. The van der Waals surface area contributed by atoms with Gasteiger partial charge in [0.2, 0.25) is 5.91 Å². The van der Waals surface area contributed by atoms with Crippen LogP contribution < -0.4 is 5.56 Å². The first-order valence-electron chi connectivity index (χ1n) is 9.48. The van der Waals surface area contributed by atoms with Gasteiger partial charge in [0.15, 0.2) is 0 Å². The maximum Gasteiger partial charge on any atom is 0.263 e.